The fraction of sp³-hybridized carbons (Fsp3) is 0.286. The molecule has 0 aliphatic rings. The van der Waals surface area contributed by atoms with Crippen LogP contribution in [0.1, 0.15) is 25.2 Å². The summed E-state index contributed by atoms with van der Waals surface area (Å²) in [7, 11) is -2.20. The number of aromatic nitrogens is 2. The molecule has 2 aromatic carbocycles. The minimum absolute atomic E-state index is 0.106. The van der Waals surface area contributed by atoms with Gasteiger partial charge in [-0.15, -0.1) is 0 Å². The van der Waals surface area contributed by atoms with E-state index in [1.165, 1.54) is 35.7 Å². The molecular formula is C21H24FN3O3S. The standard InChI is InChI=1S/C21H24FN3O3S/c1-16(2)25(29(26,27)20-9-7-19(28-3)8-10-20)15-21-23-11-12-24(21)14-17-5-4-6-18(22)13-17/h4-13,16H,14-15H2,1-3H3. The van der Waals surface area contributed by atoms with Gasteiger partial charge in [0.1, 0.15) is 17.4 Å². The van der Waals surface area contributed by atoms with Crippen molar-refractivity contribution >= 4 is 10.0 Å². The van der Waals surface area contributed by atoms with E-state index in [4.69, 9.17) is 4.74 Å². The van der Waals surface area contributed by atoms with Gasteiger partial charge in [0.25, 0.3) is 0 Å². The summed E-state index contributed by atoms with van der Waals surface area (Å²) in [6.07, 6.45) is 3.38. The third-order valence-electron chi connectivity index (χ3n) is 4.58. The molecule has 6 nitrogen and oxygen atoms in total. The third kappa shape index (κ3) is 4.83. The monoisotopic (exact) mass is 417 g/mol. The highest BCUT2D eigenvalue weighted by Crippen LogP contribution is 2.23. The van der Waals surface area contributed by atoms with Crippen LogP contribution in [0.3, 0.4) is 0 Å². The molecule has 1 heterocycles. The minimum atomic E-state index is -3.73. The number of ether oxygens (including phenoxy) is 1. The number of hydrogen-bond donors (Lipinski definition) is 0. The first kappa shape index (κ1) is 21.0. The highest BCUT2D eigenvalue weighted by Gasteiger charge is 2.28. The molecular weight excluding hydrogens is 393 g/mol. The molecule has 0 atom stereocenters. The van der Waals surface area contributed by atoms with Gasteiger partial charge in [-0.3, -0.25) is 0 Å². The van der Waals surface area contributed by atoms with Crippen molar-refractivity contribution in [3.8, 4) is 5.75 Å². The molecule has 3 aromatic rings. The van der Waals surface area contributed by atoms with Crippen molar-refractivity contribution in [1.29, 1.82) is 0 Å². The number of halogens is 1. The first-order valence-corrected chi connectivity index (χ1v) is 10.7. The van der Waals surface area contributed by atoms with E-state index in [2.05, 4.69) is 4.98 Å². The number of nitrogens with zero attached hydrogens (tertiary/aromatic N) is 3. The zero-order valence-corrected chi connectivity index (χ0v) is 17.4. The van der Waals surface area contributed by atoms with Gasteiger partial charge in [0.05, 0.1) is 18.6 Å². The highest BCUT2D eigenvalue weighted by atomic mass is 32.2. The quantitative estimate of drug-likeness (QED) is 0.561. The van der Waals surface area contributed by atoms with Gasteiger partial charge in [-0.1, -0.05) is 12.1 Å². The van der Waals surface area contributed by atoms with Crippen molar-refractivity contribution in [3.05, 3.63) is 78.1 Å². The zero-order chi connectivity index (χ0) is 21.0. The van der Waals surface area contributed by atoms with Gasteiger partial charge in [0.15, 0.2) is 0 Å². The number of hydrogen-bond acceptors (Lipinski definition) is 4. The molecule has 154 valence electrons. The lowest BCUT2D eigenvalue weighted by atomic mass is 10.2. The van der Waals surface area contributed by atoms with Crippen LogP contribution in [0.25, 0.3) is 0 Å². The van der Waals surface area contributed by atoms with Crippen molar-refractivity contribution in [1.82, 2.24) is 13.9 Å². The SMILES string of the molecule is COc1ccc(S(=O)(=O)N(Cc2nccn2Cc2cccc(F)c2)C(C)C)cc1. The Morgan fingerprint density at radius 3 is 2.52 bits per heavy atom. The van der Waals surface area contributed by atoms with Gasteiger partial charge < -0.3 is 9.30 Å². The summed E-state index contributed by atoms with van der Waals surface area (Å²) in [5.41, 5.74) is 0.776. The Kier molecular flexibility index (Phi) is 6.34. The number of sulfonamides is 1. The lowest BCUT2D eigenvalue weighted by molar-refractivity contribution is 0.336. The van der Waals surface area contributed by atoms with Crippen LogP contribution in [-0.2, 0) is 23.1 Å². The van der Waals surface area contributed by atoms with Crippen LogP contribution in [-0.4, -0.2) is 35.4 Å². The van der Waals surface area contributed by atoms with Crippen LogP contribution in [0.4, 0.5) is 4.39 Å². The molecule has 0 bridgehead atoms. The molecule has 0 amide bonds. The molecule has 29 heavy (non-hydrogen) atoms. The van der Waals surface area contributed by atoms with Crippen LogP contribution in [0.2, 0.25) is 0 Å². The fourth-order valence-corrected chi connectivity index (χ4v) is 4.63. The maximum absolute atomic E-state index is 13.5. The van der Waals surface area contributed by atoms with Crippen LogP contribution in [0.5, 0.6) is 5.75 Å². The highest BCUT2D eigenvalue weighted by molar-refractivity contribution is 7.89. The van der Waals surface area contributed by atoms with E-state index in [9.17, 15) is 12.8 Å². The van der Waals surface area contributed by atoms with Crippen molar-refractivity contribution in [3.63, 3.8) is 0 Å². The first-order chi connectivity index (χ1) is 13.8. The van der Waals surface area contributed by atoms with Crippen molar-refractivity contribution in [2.24, 2.45) is 0 Å². The molecule has 0 radical (unpaired) electrons. The average molecular weight is 418 g/mol. The Bertz CT molecular complexity index is 1060. The molecule has 0 N–H and O–H groups in total. The molecule has 0 saturated heterocycles. The number of imidazole rings is 1. The van der Waals surface area contributed by atoms with E-state index in [1.54, 1.807) is 30.6 Å². The molecule has 8 heteroatoms. The van der Waals surface area contributed by atoms with Crippen molar-refractivity contribution in [2.45, 2.75) is 37.9 Å². The van der Waals surface area contributed by atoms with E-state index >= 15 is 0 Å². The third-order valence-corrected chi connectivity index (χ3v) is 6.62. The molecule has 0 unspecified atom stereocenters. The largest absolute Gasteiger partial charge is 0.497 e. The zero-order valence-electron chi connectivity index (χ0n) is 16.6. The Labute approximate surface area is 170 Å². The smallest absolute Gasteiger partial charge is 0.243 e. The molecule has 0 spiro atoms. The van der Waals surface area contributed by atoms with Crippen molar-refractivity contribution in [2.75, 3.05) is 7.11 Å². The topological polar surface area (TPSA) is 64.4 Å². The Hall–Kier alpha value is -2.71. The number of rotatable bonds is 8. The van der Waals surface area contributed by atoms with E-state index in [0.29, 0.717) is 18.1 Å². The second-order valence-electron chi connectivity index (χ2n) is 6.92. The van der Waals surface area contributed by atoms with E-state index < -0.39 is 10.0 Å². The summed E-state index contributed by atoms with van der Waals surface area (Å²) in [6, 6.07) is 12.3. The normalized spacial score (nSPS) is 11.9. The molecule has 3 rings (SSSR count). The van der Waals surface area contributed by atoms with E-state index in [0.717, 1.165) is 5.56 Å². The van der Waals surface area contributed by atoms with Crippen LogP contribution in [0.15, 0.2) is 65.8 Å². The Morgan fingerprint density at radius 1 is 1.17 bits per heavy atom. The second-order valence-corrected chi connectivity index (χ2v) is 8.81. The van der Waals surface area contributed by atoms with Gasteiger partial charge in [0.2, 0.25) is 10.0 Å². The lowest BCUT2D eigenvalue weighted by Crippen LogP contribution is -2.37. The summed E-state index contributed by atoms with van der Waals surface area (Å²) >= 11 is 0. The number of methoxy groups -OCH3 is 1. The molecule has 0 aliphatic heterocycles. The molecule has 0 saturated carbocycles. The summed E-state index contributed by atoms with van der Waals surface area (Å²) in [5, 5.41) is 0. The van der Waals surface area contributed by atoms with Crippen LogP contribution < -0.4 is 4.74 Å². The first-order valence-electron chi connectivity index (χ1n) is 9.21. The van der Waals surface area contributed by atoms with Crippen molar-refractivity contribution < 1.29 is 17.5 Å². The Balaban J connectivity index is 1.87. The Morgan fingerprint density at radius 2 is 1.90 bits per heavy atom. The molecule has 0 fully saturated rings. The molecule has 0 aliphatic carbocycles. The summed E-state index contributed by atoms with van der Waals surface area (Å²) < 4.78 is 48.3. The summed E-state index contributed by atoms with van der Waals surface area (Å²) in [5.74, 6) is 0.862. The fourth-order valence-electron chi connectivity index (χ4n) is 3.04. The lowest BCUT2D eigenvalue weighted by Gasteiger charge is -2.26. The van der Waals surface area contributed by atoms with Gasteiger partial charge in [-0.2, -0.15) is 4.31 Å². The van der Waals surface area contributed by atoms with E-state index in [1.807, 2.05) is 24.5 Å². The predicted molar refractivity (Wildman–Crippen MR) is 109 cm³/mol. The minimum Gasteiger partial charge on any atom is -0.497 e. The average Bonchev–Trinajstić information content (AvgIpc) is 3.12. The van der Waals surface area contributed by atoms with Gasteiger partial charge in [0, 0.05) is 25.0 Å². The summed E-state index contributed by atoms with van der Waals surface area (Å²) in [4.78, 5) is 4.52. The van der Waals surface area contributed by atoms with Gasteiger partial charge in [-0.25, -0.2) is 17.8 Å². The predicted octanol–water partition coefficient (Wildman–Crippen LogP) is 3.68. The molecule has 1 aromatic heterocycles. The van der Waals surface area contributed by atoms with Crippen LogP contribution >= 0.6 is 0 Å². The van der Waals surface area contributed by atoms with E-state index in [-0.39, 0.29) is 23.3 Å². The second kappa shape index (κ2) is 8.75. The maximum Gasteiger partial charge on any atom is 0.243 e. The summed E-state index contributed by atoms with van der Waals surface area (Å²) in [6.45, 7) is 4.15. The van der Waals surface area contributed by atoms with Gasteiger partial charge >= 0.3 is 0 Å². The number of benzene rings is 2. The maximum atomic E-state index is 13.5. The van der Waals surface area contributed by atoms with Crippen LogP contribution in [0, 0.1) is 5.82 Å². The van der Waals surface area contributed by atoms with Gasteiger partial charge in [-0.05, 0) is 55.8 Å².